The van der Waals surface area contributed by atoms with Gasteiger partial charge >= 0.3 is 0 Å². The molecule has 0 atom stereocenters. The van der Waals surface area contributed by atoms with Gasteiger partial charge in [0.25, 0.3) is 5.91 Å². The second-order valence-corrected chi connectivity index (χ2v) is 4.67. The van der Waals surface area contributed by atoms with Gasteiger partial charge in [0, 0.05) is 11.8 Å². The van der Waals surface area contributed by atoms with E-state index in [4.69, 9.17) is 0 Å². The summed E-state index contributed by atoms with van der Waals surface area (Å²) in [6, 6.07) is 7.48. The van der Waals surface area contributed by atoms with Crippen LogP contribution in [-0.2, 0) is 0 Å². The highest BCUT2D eigenvalue weighted by atomic mass is 19.1. The van der Waals surface area contributed by atoms with Crippen LogP contribution < -0.4 is 5.32 Å². The van der Waals surface area contributed by atoms with E-state index in [2.05, 4.69) is 25.7 Å². The van der Waals surface area contributed by atoms with Crippen molar-refractivity contribution in [2.75, 3.05) is 5.32 Å². The molecule has 0 saturated carbocycles. The number of anilines is 1. The maximum absolute atomic E-state index is 13.0. The third kappa shape index (κ3) is 2.69. The lowest BCUT2D eigenvalue weighted by molar-refractivity contribution is 0.102. The minimum atomic E-state index is -0.413. The second kappa shape index (κ2) is 5.72. The van der Waals surface area contributed by atoms with E-state index in [0.717, 1.165) is 5.56 Å². The van der Waals surface area contributed by atoms with Crippen molar-refractivity contribution in [3.63, 3.8) is 0 Å². The zero-order valence-corrected chi connectivity index (χ0v) is 11.7. The summed E-state index contributed by atoms with van der Waals surface area (Å²) in [5.41, 5.74) is 2.58. The minimum absolute atomic E-state index is 0.134. The summed E-state index contributed by atoms with van der Waals surface area (Å²) in [4.78, 5) is 16.3. The number of aromatic amines is 1. The van der Waals surface area contributed by atoms with Crippen LogP contribution in [-0.4, -0.2) is 26.3 Å². The van der Waals surface area contributed by atoms with Crippen molar-refractivity contribution in [3.8, 4) is 11.3 Å². The molecule has 2 heterocycles. The molecule has 6 nitrogen and oxygen atoms in total. The molecule has 0 unspecified atom stereocenters. The normalized spacial score (nSPS) is 10.5. The molecule has 3 rings (SSSR count). The van der Waals surface area contributed by atoms with Crippen LogP contribution in [0, 0.1) is 12.7 Å². The number of nitrogens with zero attached hydrogens (tertiary/aromatic N) is 3. The number of aryl methyl sites for hydroxylation is 1. The zero-order chi connectivity index (χ0) is 15.5. The summed E-state index contributed by atoms with van der Waals surface area (Å²) in [7, 11) is 0. The number of hydrogen-bond acceptors (Lipinski definition) is 4. The smallest absolute Gasteiger partial charge is 0.278 e. The van der Waals surface area contributed by atoms with Gasteiger partial charge in [-0.3, -0.25) is 9.78 Å². The van der Waals surface area contributed by atoms with Gasteiger partial charge < -0.3 is 5.32 Å². The number of pyridine rings is 1. The third-order valence-corrected chi connectivity index (χ3v) is 3.17. The second-order valence-electron chi connectivity index (χ2n) is 4.67. The molecule has 0 aliphatic rings. The highest BCUT2D eigenvalue weighted by molar-refractivity contribution is 6.06. The third-order valence-electron chi connectivity index (χ3n) is 3.17. The lowest BCUT2D eigenvalue weighted by Crippen LogP contribution is -2.14. The summed E-state index contributed by atoms with van der Waals surface area (Å²) in [6.07, 6.45) is 3.20. The van der Waals surface area contributed by atoms with Crippen LogP contribution in [0.2, 0.25) is 0 Å². The summed E-state index contributed by atoms with van der Waals surface area (Å²) in [6.45, 7) is 1.86. The Hall–Kier alpha value is -3.09. The fourth-order valence-electron chi connectivity index (χ4n) is 1.97. The van der Waals surface area contributed by atoms with E-state index in [1.165, 1.54) is 12.1 Å². The average molecular weight is 297 g/mol. The van der Waals surface area contributed by atoms with Crippen molar-refractivity contribution in [2.24, 2.45) is 0 Å². The van der Waals surface area contributed by atoms with Gasteiger partial charge in [-0.05, 0) is 42.8 Å². The maximum atomic E-state index is 13.0. The van der Waals surface area contributed by atoms with Crippen molar-refractivity contribution in [2.45, 2.75) is 6.92 Å². The molecule has 1 amide bonds. The number of amides is 1. The summed E-state index contributed by atoms with van der Waals surface area (Å²) < 4.78 is 13.0. The Balaban J connectivity index is 1.90. The van der Waals surface area contributed by atoms with Crippen molar-refractivity contribution in [1.29, 1.82) is 0 Å². The van der Waals surface area contributed by atoms with Crippen LogP contribution in [0.4, 0.5) is 10.1 Å². The molecule has 3 aromatic rings. The van der Waals surface area contributed by atoms with Gasteiger partial charge in [-0.1, -0.05) is 0 Å². The molecule has 0 radical (unpaired) electrons. The van der Waals surface area contributed by atoms with Crippen LogP contribution >= 0.6 is 0 Å². The first-order chi connectivity index (χ1) is 10.6. The van der Waals surface area contributed by atoms with Gasteiger partial charge in [0.1, 0.15) is 11.5 Å². The predicted molar refractivity (Wildman–Crippen MR) is 78.7 cm³/mol. The van der Waals surface area contributed by atoms with Crippen molar-refractivity contribution in [1.82, 2.24) is 20.4 Å². The average Bonchev–Trinajstić information content (AvgIpc) is 3.00. The highest BCUT2D eigenvalue weighted by Gasteiger charge is 2.18. The fourth-order valence-corrected chi connectivity index (χ4v) is 1.97. The highest BCUT2D eigenvalue weighted by Crippen LogP contribution is 2.21. The Morgan fingerprint density at radius 1 is 1.18 bits per heavy atom. The summed E-state index contributed by atoms with van der Waals surface area (Å²) in [5.74, 6) is -0.770. The molecule has 7 heteroatoms. The molecule has 2 N–H and O–H groups in total. The number of nitrogens with one attached hydrogen (secondary N) is 2. The fraction of sp³-hybridized carbons (Fsp3) is 0.0667. The van der Waals surface area contributed by atoms with Crippen LogP contribution in [0.5, 0.6) is 0 Å². The van der Waals surface area contributed by atoms with Gasteiger partial charge in [0.15, 0.2) is 5.69 Å². The van der Waals surface area contributed by atoms with E-state index in [1.807, 2.05) is 6.92 Å². The Kier molecular flexibility index (Phi) is 3.61. The Bertz CT molecular complexity index is 813. The molecule has 0 saturated heterocycles. The number of halogens is 1. The van der Waals surface area contributed by atoms with Crippen molar-refractivity contribution >= 4 is 11.6 Å². The summed E-state index contributed by atoms with van der Waals surface area (Å²) in [5, 5.41) is 13.0. The van der Waals surface area contributed by atoms with Gasteiger partial charge in [0.05, 0.1) is 11.9 Å². The summed E-state index contributed by atoms with van der Waals surface area (Å²) >= 11 is 0. The van der Waals surface area contributed by atoms with Crippen LogP contribution in [0.25, 0.3) is 11.3 Å². The Morgan fingerprint density at radius 3 is 2.68 bits per heavy atom. The van der Waals surface area contributed by atoms with Gasteiger partial charge in [-0.2, -0.15) is 15.4 Å². The van der Waals surface area contributed by atoms with Crippen LogP contribution in [0.1, 0.15) is 16.1 Å². The molecule has 0 aliphatic carbocycles. The molecule has 22 heavy (non-hydrogen) atoms. The largest absolute Gasteiger partial charge is 0.319 e. The molecule has 0 bridgehead atoms. The van der Waals surface area contributed by atoms with E-state index in [-0.39, 0.29) is 11.5 Å². The van der Waals surface area contributed by atoms with Gasteiger partial charge in [0.2, 0.25) is 0 Å². The number of carbonyl (C=O) groups excluding carboxylic acids is 1. The first-order valence-corrected chi connectivity index (χ1v) is 6.54. The first kappa shape index (κ1) is 13.9. The van der Waals surface area contributed by atoms with Crippen molar-refractivity contribution < 1.29 is 9.18 Å². The number of benzene rings is 1. The van der Waals surface area contributed by atoms with Gasteiger partial charge in [-0.15, -0.1) is 0 Å². The molecule has 0 aliphatic heterocycles. The minimum Gasteiger partial charge on any atom is -0.319 e. The molecular formula is C15H12FN5O. The molecule has 1 aromatic carbocycles. The quantitative estimate of drug-likeness (QED) is 0.778. The number of aromatic nitrogens is 4. The Morgan fingerprint density at radius 2 is 1.95 bits per heavy atom. The lowest BCUT2D eigenvalue weighted by atomic mass is 10.1. The number of H-pyrrole nitrogens is 1. The molecule has 0 spiro atoms. The standard InChI is InChI=1S/C15H12FN5O/c1-9-6-7-17-8-12(9)18-15(22)14-13(19-21-20-14)10-2-4-11(16)5-3-10/h2-8H,1H3,(H,18,22)(H,19,20,21). The van der Waals surface area contributed by atoms with E-state index < -0.39 is 5.91 Å². The van der Waals surface area contributed by atoms with E-state index in [9.17, 15) is 9.18 Å². The first-order valence-electron chi connectivity index (χ1n) is 6.54. The Labute approximate surface area is 125 Å². The van der Waals surface area contributed by atoms with E-state index in [1.54, 1.807) is 30.6 Å². The van der Waals surface area contributed by atoms with Crippen LogP contribution in [0.15, 0.2) is 42.7 Å². The topological polar surface area (TPSA) is 83.6 Å². The van der Waals surface area contributed by atoms with Gasteiger partial charge in [-0.25, -0.2) is 4.39 Å². The molecular weight excluding hydrogens is 285 g/mol. The zero-order valence-electron chi connectivity index (χ0n) is 11.7. The maximum Gasteiger partial charge on any atom is 0.278 e. The van der Waals surface area contributed by atoms with E-state index in [0.29, 0.717) is 16.9 Å². The van der Waals surface area contributed by atoms with Crippen molar-refractivity contribution in [3.05, 3.63) is 59.8 Å². The number of carbonyl (C=O) groups is 1. The number of rotatable bonds is 3. The monoisotopic (exact) mass is 297 g/mol. The predicted octanol–water partition coefficient (Wildman–Crippen LogP) is 2.57. The SMILES string of the molecule is Cc1ccncc1NC(=O)c1n[nH]nc1-c1ccc(F)cc1. The molecule has 0 fully saturated rings. The van der Waals surface area contributed by atoms with Crippen LogP contribution in [0.3, 0.4) is 0 Å². The number of hydrogen-bond donors (Lipinski definition) is 2. The molecule has 2 aromatic heterocycles. The molecule has 110 valence electrons. The van der Waals surface area contributed by atoms with E-state index >= 15 is 0 Å². The lowest BCUT2D eigenvalue weighted by Gasteiger charge is -2.06.